The first kappa shape index (κ1) is 92.9. The number of benzene rings is 1. The fourth-order valence-corrected chi connectivity index (χ4v) is 11.0. The minimum absolute atomic E-state index is 0.0432. The largest absolute Gasteiger partial charge is 0.508 e. The number of phenolic OH excluding ortho intramolecular Hbond substituents is 1. The van der Waals surface area contributed by atoms with Crippen LogP contribution >= 0.6 is 0 Å². The van der Waals surface area contributed by atoms with E-state index in [1.165, 1.54) is 38.1 Å². The molecule has 2 rings (SSSR count). The van der Waals surface area contributed by atoms with E-state index in [9.17, 15) is 117 Å². The number of hydrogen-bond acceptors (Lipinski definition) is 23. The summed E-state index contributed by atoms with van der Waals surface area (Å²) in [6.07, 6.45) is -6.31. The standard InChI is InChI=1S/C66H103N17O25/c1-7-31(5)52(64(105)80-44(29-84)62(103)77-41(26-48(71)88)61(102)82-53(32(6)8-2)65(106)83-21-11-13-45(83)63(104)79-43(28-51(93)94)59(100)73-37(66(107)108)18-19-49(89)90)81-55(96)36(12-9-10-20-67)72-57(98)39(24-46(69)86)75-58(99)40(25-47(70)87)76-60(101)42(27-50(91)92)78-56(97)38(22-30(3)4)74-54(95)35(68)23-33-14-16-34(85)17-15-33/h14-17,30-32,35-45,52-53,84-85H,7-13,18-29,67-68H2,1-6H3,(H2,69,86)(H2,70,87)(H2,71,88)(H,72,98)(H,73,100)(H,74,95)(H,75,99)(H,76,101)(H,77,103)(H,78,97)(H,79,104)(H,80,105)(H,81,96)(H,82,102)(H,89,90)(H,91,92)(H,93,94)(H,107,108)/t31-,32-,35-,36-,37-,38-,39-,40-,41-,42-,43-,44-,45-,52-,53-/m0/s1. The highest BCUT2D eigenvalue weighted by molar-refractivity contribution is 6.02. The zero-order valence-electron chi connectivity index (χ0n) is 60.8. The lowest BCUT2D eigenvalue weighted by Gasteiger charge is -2.33. The molecule has 1 aromatic rings. The zero-order chi connectivity index (χ0) is 82.0. The second-order valence-electron chi connectivity index (χ2n) is 26.5. The Kier molecular flexibility index (Phi) is 39.6. The molecule has 0 aliphatic carbocycles. The summed E-state index contributed by atoms with van der Waals surface area (Å²) in [6.45, 7) is 8.26. The molecule has 15 atom stereocenters. The lowest BCUT2D eigenvalue weighted by molar-refractivity contribution is -0.146. The van der Waals surface area contributed by atoms with Gasteiger partial charge in [-0.05, 0) is 93.4 Å². The first-order chi connectivity index (χ1) is 50.6. The van der Waals surface area contributed by atoms with Crippen molar-refractivity contribution in [2.45, 2.75) is 223 Å². The normalized spacial score (nSPS) is 16.4. The molecule has 15 amide bonds. The van der Waals surface area contributed by atoms with Gasteiger partial charge in [-0.15, -0.1) is 0 Å². The Balaban J connectivity index is 2.43. The number of carboxylic acid groups (broad SMARTS) is 4. The Hall–Kier alpha value is -11.2. The maximum atomic E-state index is 14.4. The van der Waals surface area contributed by atoms with E-state index >= 15 is 0 Å². The number of aliphatic carboxylic acids is 4. The topological polar surface area (TPSA) is 711 Å². The number of nitrogens with one attached hydrogen (secondary N) is 11. The lowest BCUT2D eigenvalue weighted by atomic mass is 9.96. The summed E-state index contributed by atoms with van der Waals surface area (Å²) in [7, 11) is 0. The van der Waals surface area contributed by atoms with Crippen molar-refractivity contribution in [3.05, 3.63) is 29.8 Å². The smallest absolute Gasteiger partial charge is 0.326 e. The van der Waals surface area contributed by atoms with Gasteiger partial charge in [0.2, 0.25) is 88.6 Å². The molecule has 27 N–H and O–H groups in total. The third-order valence-electron chi connectivity index (χ3n) is 17.3. The van der Waals surface area contributed by atoms with Gasteiger partial charge in [0.25, 0.3) is 0 Å². The summed E-state index contributed by atoms with van der Waals surface area (Å²) in [5.74, 6) is -26.2. The Labute approximate surface area is 620 Å². The quantitative estimate of drug-likeness (QED) is 0.0269. The number of primary amides is 3. The van der Waals surface area contributed by atoms with E-state index in [4.69, 9.17) is 33.8 Å². The van der Waals surface area contributed by atoms with Crippen molar-refractivity contribution < 1.29 is 122 Å². The van der Waals surface area contributed by atoms with Crippen molar-refractivity contribution in [1.82, 2.24) is 63.4 Å². The van der Waals surface area contributed by atoms with Crippen LogP contribution in [0, 0.1) is 17.8 Å². The van der Waals surface area contributed by atoms with Crippen molar-refractivity contribution in [2.24, 2.45) is 46.4 Å². The van der Waals surface area contributed by atoms with Gasteiger partial charge >= 0.3 is 23.9 Å². The van der Waals surface area contributed by atoms with E-state index in [-0.39, 0.29) is 82.5 Å². The van der Waals surface area contributed by atoms with Crippen LogP contribution in [0.1, 0.15) is 143 Å². The third kappa shape index (κ3) is 32.3. The number of carbonyl (C=O) groups excluding carboxylic acids is 15. The highest BCUT2D eigenvalue weighted by Gasteiger charge is 2.43. The van der Waals surface area contributed by atoms with Gasteiger partial charge in [-0.1, -0.05) is 66.5 Å². The Morgan fingerprint density at radius 2 is 0.870 bits per heavy atom. The number of aliphatic hydroxyl groups is 1. The van der Waals surface area contributed by atoms with E-state index in [1.807, 2.05) is 5.32 Å². The van der Waals surface area contributed by atoms with Gasteiger partial charge in [-0.25, -0.2) is 4.79 Å². The van der Waals surface area contributed by atoms with Crippen LogP contribution in [0.15, 0.2) is 24.3 Å². The maximum absolute atomic E-state index is 14.4. The number of amides is 15. The molecule has 0 aromatic heterocycles. The first-order valence-corrected chi connectivity index (χ1v) is 34.8. The number of aliphatic hydroxyl groups excluding tert-OH is 1. The van der Waals surface area contributed by atoms with E-state index in [0.717, 1.165) is 4.90 Å². The molecule has 1 aliphatic heterocycles. The van der Waals surface area contributed by atoms with Crippen LogP contribution < -0.4 is 87.2 Å². The van der Waals surface area contributed by atoms with E-state index in [1.54, 1.807) is 27.7 Å². The fraction of sp³-hybridized carbons (Fsp3) is 0.621. The predicted octanol–water partition coefficient (Wildman–Crippen LogP) is -7.63. The van der Waals surface area contributed by atoms with Crippen molar-refractivity contribution in [3.63, 3.8) is 0 Å². The van der Waals surface area contributed by atoms with Crippen LogP contribution in [0.2, 0.25) is 0 Å². The Morgan fingerprint density at radius 1 is 0.472 bits per heavy atom. The van der Waals surface area contributed by atoms with Gasteiger partial charge < -0.3 is 123 Å². The second-order valence-corrected chi connectivity index (χ2v) is 26.5. The first-order valence-electron chi connectivity index (χ1n) is 34.8. The van der Waals surface area contributed by atoms with Crippen molar-refractivity contribution in [3.8, 4) is 5.75 Å². The third-order valence-corrected chi connectivity index (χ3v) is 17.3. The fourth-order valence-electron chi connectivity index (χ4n) is 11.0. The summed E-state index contributed by atoms with van der Waals surface area (Å²) >= 11 is 0. The molecule has 1 heterocycles. The number of unbranched alkanes of at least 4 members (excludes halogenated alkanes) is 1. The van der Waals surface area contributed by atoms with Gasteiger partial charge in [0, 0.05) is 13.0 Å². The number of nitrogens with zero attached hydrogens (tertiary/aromatic N) is 1. The number of carbonyl (C=O) groups is 19. The van der Waals surface area contributed by atoms with Crippen LogP contribution in [0.25, 0.3) is 0 Å². The van der Waals surface area contributed by atoms with Crippen molar-refractivity contribution in [1.29, 1.82) is 0 Å². The number of nitrogens with two attached hydrogens (primary N) is 5. The van der Waals surface area contributed by atoms with Crippen molar-refractivity contribution >= 4 is 112 Å². The maximum Gasteiger partial charge on any atom is 0.326 e. The van der Waals surface area contributed by atoms with Gasteiger partial charge in [-0.2, -0.15) is 0 Å². The van der Waals surface area contributed by atoms with Gasteiger partial charge in [-0.3, -0.25) is 86.3 Å². The molecule has 0 saturated carbocycles. The van der Waals surface area contributed by atoms with E-state index < -0.39 is 254 Å². The minimum atomic E-state index is -2.09. The number of rotatable bonds is 50. The second kappa shape index (κ2) is 46.0. The summed E-state index contributed by atoms with van der Waals surface area (Å²) < 4.78 is 0. The number of likely N-dealkylation sites (tertiary alicyclic amines) is 1. The van der Waals surface area contributed by atoms with Crippen LogP contribution in [0.4, 0.5) is 0 Å². The van der Waals surface area contributed by atoms with Crippen molar-refractivity contribution in [2.75, 3.05) is 19.7 Å². The van der Waals surface area contributed by atoms with Crippen LogP contribution in [0.5, 0.6) is 5.75 Å². The molecule has 1 fully saturated rings. The van der Waals surface area contributed by atoms with E-state index in [2.05, 4.69) is 53.2 Å². The highest BCUT2D eigenvalue weighted by Crippen LogP contribution is 2.23. The molecule has 0 unspecified atom stereocenters. The molecule has 1 saturated heterocycles. The van der Waals surface area contributed by atoms with Crippen LogP contribution in [-0.4, -0.2) is 246 Å². The highest BCUT2D eigenvalue weighted by atomic mass is 16.4. The van der Waals surface area contributed by atoms with E-state index in [0.29, 0.717) is 5.56 Å². The molecular formula is C66H103N17O25. The Bertz CT molecular complexity index is 3400. The molecule has 42 heteroatoms. The molecule has 108 heavy (non-hydrogen) atoms. The molecule has 602 valence electrons. The van der Waals surface area contributed by atoms with Gasteiger partial charge in [0.15, 0.2) is 0 Å². The number of hydrogen-bond donors (Lipinski definition) is 22. The van der Waals surface area contributed by atoms with Crippen LogP contribution in [0.3, 0.4) is 0 Å². The minimum Gasteiger partial charge on any atom is -0.508 e. The number of carboxylic acids is 4. The summed E-state index contributed by atoms with van der Waals surface area (Å²) in [5, 5.41) is 83.1. The molecule has 1 aromatic carbocycles. The molecule has 0 bridgehead atoms. The summed E-state index contributed by atoms with van der Waals surface area (Å²) in [5.41, 5.74) is 28.8. The van der Waals surface area contributed by atoms with Crippen LogP contribution in [-0.2, 0) is 97.5 Å². The molecule has 0 radical (unpaired) electrons. The summed E-state index contributed by atoms with van der Waals surface area (Å²) in [6, 6.07) is -17.1. The average Bonchev–Trinajstić information content (AvgIpc) is 1.60. The SMILES string of the molecule is CC[C@H](C)[C@H](NC(=O)[C@H](CCCCN)NC(=O)[C@H](CC(N)=O)NC(=O)[C@H](CC(N)=O)NC(=O)[C@H](CC(=O)O)NC(=O)[C@H](CC(C)C)NC(=O)[C@@H](N)Cc1ccc(O)cc1)C(=O)N[C@@H](CO)C(=O)N[C@@H](CC(N)=O)C(=O)N[C@H](C(=O)N1CCC[C@H]1C(=O)N[C@@H](CC(=O)O)C(=O)N[C@@H](CCC(=O)O)C(=O)O)[C@@H](C)CC. The van der Waals surface area contributed by atoms with Gasteiger partial charge in [0.1, 0.15) is 78.3 Å². The molecule has 1 aliphatic rings. The molecule has 42 nitrogen and oxygen atoms in total. The number of aromatic hydroxyl groups is 1. The Morgan fingerprint density at radius 3 is 1.31 bits per heavy atom. The lowest BCUT2D eigenvalue weighted by Crippen LogP contribution is -2.62. The monoisotopic (exact) mass is 1530 g/mol. The summed E-state index contributed by atoms with van der Waals surface area (Å²) in [4.78, 5) is 253. The molecule has 0 spiro atoms. The zero-order valence-corrected chi connectivity index (χ0v) is 60.8. The number of phenols is 1. The molecular weight excluding hydrogens is 1430 g/mol. The predicted molar refractivity (Wildman–Crippen MR) is 375 cm³/mol. The average molecular weight is 1530 g/mol. The van der Waals surface area contributed by atoms with Gasteiger partial charge in [0.05, 0.1) is 44.8 Å².